The maximum Gasteiger partial charge on any atom is 0.204 e. The number of furan rings is 1. The lowest BCUT2D eigenvalue weighted by atomic mass is 9.83. The van der Waals surface area contributed by atoms with Crippen LogP contribution in [0, 0.1) is 0 Å². The van der Waals surface area contributed by atoms with Crippen LogP contribution in [0.5, 0.6) is 46.0 Å². The second-order valence-electron chi connectivity index (χ2n) is 13.7. The molecule has 55 heavy (non-hydrogen) atoms. The van der Waals surface area contributed by atoms with Gasteiger partial charge in [0.05, 0.1) is 0 Å². The van der Waals surface area contributed by atoms with E-state index in [1.807, 2.05) is 91.0 Å². The fraction of sp³-hybridized carbons (Fsp3) is 0. The Kier molecular flexibility index (Phi) is 6.59. The van der Waals surface area contributed by atoms with Crippen molar-refractivity contribution in [2.24, 2.45) is 0 Å². The number of fused-ring (bicyclic) bond motifs is 7. The van der Waals surface area contributed by atoms with Gasteiger partial charge in [-0.25, -0.2) is 0 Å². The van der Waals surface area contributed by atoms with Crippen LogP contribution in [0.15, 0.2) is 126 Å². The van der Waals surface area contributed by atoms with Gasteiger partial charge in [-0.1, -0.05) is 97.1 Å². The van der Waals surface area contributed by atoms with Crippen molar-refractivity contribution in [2.75, 3.05) is 0 Å². The van der Waals surface area contributed by atoms with E-state index in [0.29, 0.717) is 27.7 Å². The SMILES string of the molecule is Oc1c(O)c(O)c2c(-c3ccc4oc5cc6ccccc6cc5c4c3)c3c(O)c(O)c(O)c(O)c3c(-c3ccc(-c4cccc5ccccc45)cc3)c2c1O. The molecule has 9 heteroatoms. The number of rotatable bonds is 3. The molecule has 9 nitrogen and oxygen atoms in total. The zero-order valence-electron chi connectivity index (χ0n) is 28.5. The molecule has 0 amide bonds. The van der Waals surface area contributed by atoms with Crippen LogP contribution in [0.3, 0.4) is 0 Å². The molecule has 0 aliphatic rings. The molecule has 0 radical (unpaired) electrons. The van der Waals surface area contributed by atoms with Crippen molar-refractivity contribution in [2.45, 2.75) is 0 Å². The van der Waals surface area contributed by atoms with Gasteiger partial charge >= 0.3 is 0 Å². The van der Waals surface area contributed by atoms with Crippen molar-refractivity contribution in [3.05, 3.63) is 121 Å². The highest BCUT2D eigenvalue weighted by atomic mass is 16.4. The second kappa shape index (κ2) is 11.4. The predicted octanol–water partition coefficient (Wildman–Crippen LogP) is 10.8. The van der Waals surface area contributed by atoms with Crippen molar-refractivity contribution in [3.63, 3.8) is 0 Å². The van der Waals surface area contributed by atoms with E-state index in [-0.39, 0.29) is 32.7 Å². The predicted molar refractivity (Wildman–Crippen MR) is 213 cm³/mol. The first kappa shape index (κ1) is 31.9. The van der Waals surface area contributed by atoms with E-state index in [0.717, 1.165) is 38.1 Å². The van der Waals surface area contributed by atoms with E-state index in [2.05, 4.69) is 0 Å². The Labute approximate surface area is 310 Å². The second-order valence-corrected chi connectivity index (χ2v) is 13.7. The van der Waals surface area contributed by atoms with Crippen molar-refractivity contribution in [1.29, 1.82) is 0 Å². The van der Waals surface area contributed by atoms with E-state index in [1.54, 1.807) is 30.3 Å². The molecule has 0 unspecified atom stereocenters. The quantitative estimate of drug-likeness (QED) is 0.0501. The van der Waals surface area contributed by atoms with Gasteiger partial charge in [0.1, 0.15) is 11.2 Å². The molecule has 0 aliphatic heterocycles. The number of hydrogen-bond acceptors (Lipinski definition) is 9. The smallest absolute Gasteiger partial charge is 0.204 e. The third kappa shape index (κ3) is 4.41. The molecular formula is C46H28O9. The Morgan fingerprint density at radius 2 is 0.764 bits per heavy atom. The zero-order chi connectivity index (χ0) is 37.9. The third-order valence-corrected chi connectivity index (χ3v) is 10.7. The first-order chi connectivity index (χ1) is 26.6. The van der Waals surface area contributed by atoms with Crippen LogP contribution in [-0.4, -0.2) is 40.9 Å². The molecule has 10 aromatic rings. The Balaban J connectivity index is 1.33. The summed E-state index contributed by atoms with van der Waals surface area (Å²) in [6.07, 6.45) is 0. The van der Waals surface area contributed by atoms with Crippen molar-refractivity contribution in [1.82, 2.24) is 0 Å². The minimum Gasteiger partial charge on any atom is -0.504 e. The highest BCUT2D eigenvalue weighted by molar-refractivity contribution is 6.29. The molecule has 0 atom stereocenters. The molecular weight excluding hydrogens is 696 g/mol. The van der Waals surface area contributed by atoms with E-state index in [4.69, 9.17) is 4.42 Å². The van der Waals surface area contributed by atoms with Crippen LogP contribution < -0.4 is 0 Å². The maximum atomic E-state index is 11.7. The van der Waals surface area contributed by atoms with E-state index in [1.165, 1.54) is 0 Å². The Morgan fingerprint density at radius 1 is 0.309 bits per heavy atom. The number of aromatic hydroxyl groups is 8. The summed E-state index contributed by atoms with van der Waals surface area (Å²) in [5.41, 5.74) is 3.47. The lowest BCUT2D eigenvalue weighted by Crippen LogP contribution is -1.94. The Bertz CT molecular complexity index is 3200. The summed E-state index contributed by atoms with van der Waals surface area (Å²) >= 11 is 0. The van der Waals surface area contributed by atoms with Gasteiger partial charge in [0.25, 0.3) is 0 Å². The molecule has 0 spiro atoms. The molecule has 266 valence electrons. The van der Waals surface area contributed by atoms with Crippen LogP contribution in [0.1, 0.15) is 0 Å². The molecule has 1 aromatic heterocycles. The van der Waals surface area contributed by atoms with Gasteiger partial charge in [0, 0.05) is 43.4 Å². The highest BCUT2D eigenvalue weighted by Crippen LogP contribution is 2.62. The molecule has 0 saturated carbocycles. The number of benzene rings is 9. The summed E-state index contributed by atoms with van der Waals surface area (Å²) in [5, 5.41) is 95.0. The van der Waals surface area contributed by atoms with Crippen molar-refractivity contribution in [3.8, 4) is 79.4 Å². The Morgan fingerprint density at radius 3 is 1.36 bits per heavy atom. The van der Waals surface area contributed by atoms with Gasteiger partial charge in [-0.05, 0) is 68.1 Å². The van der Waals surface area contributed by atoms with E-state index in [9.17, 15) is 40.9 Å². The fourth-order valence-corrected chi connectivity index (χ4v) is 8.11. The van der Waals surface area contributed by atoms with Crippen molar-refractivity contribution < 1.29 is 45.3 Å². The lowest BCUT2D eigenvalue weighted by molar-refractivity contribution is 0.350. The topological polar surface area (TPSA) is 175 Å². The minimum absolute atomic E-state index is 0.0225. The van der Waals surface area contributed by atoms with Crippen LogP contribution in [0.4, 0.5) is 0 Å². The molecule has 0 fully saturated rings. The molecule has 0 bridgehead atoms. The summed E-state index contributed by atoms with van der Waals surface area (Å²) in [6, 6.07) is 37.6. The molecule has 0 saturated heterocycles. The molecule has 0 aliphatic carbocycles. The van der Waals surface area contributed by atoms with Gasteiger partial charge in [-0.15, -0.1) is 0 Å². The summed E-state index contributed by atoms with van der Waals surface area (Å²) in [4.78, 5) is 0. The van der Waals surface area contributed by atoms with Gasteiger partial charge in [0.15, 0.2) is 23.0 Å². The molecule has 1 heterocycles. The first-order valence-corrected chi connectivity index (χ1v) is 17.3. The van der Waals surface area contributed by atoms with E-state index < -0.39 is 46.0 Å². The van der Waals surface area contributed by atoms with Gasteiger partial charge in [-0.3, -0.25) is 0 Å². The highest BCUT2D eigenvalue weighted by Gasteiger charge is 2.32. The van der Waals surface area contributed by atoms with Gasteiger partial charge in [0.2, 0.25) is 23.0 Å². The standard InChI is InChI=1S/C46H28O9/c47-39-35-33(23-14-12-22(13-15-23)28-11-5-9-21-6-3-4-10-27(21)28)36-38(42(50)46(54)44(52)40(36)48)34(37(35)41(49)45(53)43(39)51)26-16-17-31-29(19-26)30-18-24-7-1-2-8-25(24)20-32(30)55-31/h1-20,47-54H. The summed E-state index contributed by atoms with van der Waals surface area (Å²) in [5.74, 6) is -7.48. The average molecular weight is 725 g/mol. The van der Waals surface area contributed by atoms with Gasteiger partial charge < -0.3 is 45.3 Å². The minimum atomic E-state index is -1.03. The number of phenols is 8. The normalized spacial score (nSPS) is 11.9. The van der Waals surface area contributed by atoms with Crippen LogP contribution in [-0.2, 0) is 0 Å². The van der Waals surface area contributed by atoms with Crippen molar-refractivity contribution >= 4 is 65.0 Å². The molecule has 10 rings (SSSR count). The lowest BCUT2D eigenvalue weighted by Gasteiger charge is -2.22. The summed E-state index contributed by atoms with van der Waals surface area (Å²) < 4.78 is 6.20. The number of phenolic OH excluding ortho intramolecular Hbond substituents is 8. The average Bonchev–Trinajstić information content (AvgIpc) is 3.57. The molecule has 9 aromatic carbocycles. The summed E-state index contributed by atoms with van der Waals surface area (Å²) in [6.45, 7) is 0. The van der Waals surface area contributed by atoms with Crippen LogP contribution in [0.2, 0.25) is 0 Å². The van der Waals surface area contributed by atoms with Gasteiger partial charge in [-0.2, -0.15) is 0 Å². The van der Waals surface area contributed by atoms with Crippen LogP contribution >= 0.6 is 0 Å². The maximum absolute atomic E-state index is 11.7. The Hall–Kier alpha value is -7.78. The number of hydrogen-bond donors (Lipinski definition) is 8. The molecule has 8 N–H and O–H groups in total. The van der Waals surface area contributed by atoms with Crippen LogP contribution in [0.25, 0.3) is 98.4 Å². The fourth-order valence-electron chi connectivity index (χ4n) is 8.11. The monoisotopic (exact) mass is 724 g/mol. The third-order valence-electron chi connectivity index (χ3n) is 10.7. The largest absolute Gasteiger partial charge is 0.504 e. The zero-order valence-corrected chi connectivity index (χ0v) is 28.5. The van der Waals surface area contributed by atoms with E-state index >= 15 is 0 Å². The first-order valence-electron chi connectivity index (χ1n) is 17.3. The summed E-state index contributed by atoms with van der Waals surface area (Å²) in [7, 11) is 0.